The number of amides is 2. The van der Waals surface area contributed by atoms with E-state index in [0.29, 0.717) is 10.6 Å². The van der Waals surface area contributed by atoms with Crippen LogP contribution in [-0.2, 0) is 22.5 Å². The number of aliphatic hydroxyl groups excluding tert-OH is 1. The average molecular weight is 613 g/mol. The lowest BCUT2D eigenvalue weighted by molar-refractivity contribution is -0.274. The van der Waals surface area contributed by atoms with Crippen LogP contribution >= 0.6 is 11.6 Å². The fourth-order valence-electron chi connectivity index (χ4n) is 4.68. The number of rotatable bonds is 8. The van der Waals surface area contributed by atoms with E-state index in [1.807, 2.05) is 0 Å². The van der Waals surface area contributed by atoms with Gasteiger partial charge in [0, 0.05) is 24.2 Å². The number of fused-ring (bicyclic) bond motifs is 3. The Hall–Kier alpha value is -3.46. The molecule has 3 aromatic rings. The lowest BCUT2D eigenvalue weighted by atomic mass is 10.2. The first-order chi connectivity index (χ1) is 19.5. The average Bonchev–Trinajstić information content (AvgIpc) is 3.22. The van der Waals surface area contributed by atoms with Crippen LogP contribution in [-0.4, -0.2) is 79.5 Å². The summed E-state index contributed by atoms with van der Waals surface area (Å²) in [6.45, 7) is -0.141. The zero-order chi connectivity index (χ0) is 29.3. The van der Waals surface area contributed by atoms with Gasteiger partial charge in [0.2, 0.25) is 0 Å². The predicted octanol–water partition coefficient (Wildman–Crippen LogP) is 3.58. The summed E-state index contributed by atoms with van der Waals surface area (Å²) in [5.74, 6) is -1.44. The normalized spacial score (nSPS) is 19.1. The number of halogens is 4. The summed E-state index contributed by atoms with van der Waals surface area (Å²) in [7, 11) is 0. The van der Waals surface area contributed by atoms with E-state index in [1.165, 1.54) is 16.7 Å². The molecular formula is C26H24ClF3N4O6S. The van der Waals surface area contributed by atoms with Crippen LogP contribution in [0, 0.1) is 0 Å². The molecule has 0 saturated carbocycles. The van der Waals surface area contributed by atoms with E-state index in [1.54, 1.807) is 29.2 Å². The molecule has 1 N–H and O–H groups in total. The van der Waals surface area contributed by atoms with Gasteiger partial charge in [0.05, 0.1) is 13.1 Å². The minimum atomic E-state index is -4.91. The molecule has 1 fully saturated rings. The van der Waals surface area contributed by atoms with Crippen molar-refractivity contribution >= 4 is 40.4 Å². The molecule has 1 aromatic heterocycles. The molecule has 3 heterocycles. The summed E-state index contributed by atoms with van der Waals surface area (Å²) < 4.78 is 62.3. The Balaban J connectivity index is 1.63. The molecule has 15 heteroatoms. The second kappa shape index (κ2) is 11.8. The van der Waals surface area contributed by atoms with Gasteiger partial charge in [0.1, 0.15) is 23.0 Å². The summed E-state index contributed by atoms with van der Waals surface area (Å²) in [4.78, 5) is 34.7. The molecule has 0 spiro atoms. The van der Waals surface area contributed by atoms with Gasteiger partial charge in [-0.1, -0.05) is 29.8 Å². The van der Waals surface area contributed by atoms with Gasteiger partial charge in [-0.05, 0) is 47.4 Å². The van der Waals surface area contributed by atoms with Crippen LogP contribution in [0.25, 0.3) is 0 Å². The van der Waals surface area contributed by atoms with Crippen LogP contribution in [0.15, 0.2) is 48.5 Å². The van der Waals surface area contributed by atoms with Gasteiger partial charge in [-0.3, -0.25) is 19.1 Å². The number of carbonyl (C=O) groups is 2. The number of benzene rings is 2. The van der Waals surface area contributed by atoms with Gasteiger partial charge >= 0.3 is 12.4 Å². The second-order valence-corrected chi connectivity index (χ2v) is 11.4. The Labute approximate surface area is 240 Å². The van der Waals surface area contributed by atoms with Crippen molar-refractivity contribution in [2.45, 2.75) is 25.4 Å². The van der Waals surface area contributed by atoms with Crippen molar-refractivity contribution in [2.75, 3.05) is 36.1 Å². The number of nitrogens with zero attached hydrogens (tertiary/aromatic N) is 4. The second-order valence-electron chi connectivity index (χ2n) is 9.30. The highest BCUT2D eigenvalue weighted by Gasteiger charge is 2.47. The molecule has 0 bridgehead atoms. The number of alkyl halides is 3. The molecule has 41 heavy (non-hydrogen) atoms. The SMILES string of the molecule is O=C1c2c(nc(Oc3cccc(OC(F)(F)F)c3)n2Cc2ccc(Cl)cc2)N2CC[S+]([O-])CC2C(=O)N1CCCO. The molecule has 0 aliphatic carbocycles. The molecule has 2 atom stereocenters. The Morgan fingerprint density at radius 3 is 2.59 bits per heavy atom. The molecule has 2 unspecified atom stereocenters. The van der Waals surface area contributed by atoms with Crippen LogP contribution < -0.4 is 14.4 Å². The number of hydrogen-bond acceptors (Lipinski definition) is 8. The lowest BCUT2D eigenvalue weighted by Crippen LogP contribution is -2.56. The fraction of sp³-hybridized carbons (Fsp3) is 0.346. The summed E-state index contributed by atoms with van der Waals surface area (Å²) >= 11 is 4.73. The van der Waals surface area contributed by atoms with Crippen LogP contribution in [0.5, 0.6) is 17.5 Å². The van der Waals surface area contributed by atoms with Crippen molar-refractivity contribution in [1.82, 2.24) is 14.5 Å². The molecule has 218 valence electrons. The highest BCUT2D eigenvalue weighted by atomic mass is 35.5. The molecule has 2 aliphatic heterocycles. The van der Waals surface area contributed by atoms with Crippen molar-refractivity contribution in [3.8, 4) is 17.5 Å². The van der Waals surface area contributed by atoms with E-state index < -0.39 is 41.1 Å². The maximum Gasteiger partial charge on any atom is 0.573 e. The largest absolute Gasteiger partial charge is 0.616 e. The Morgan fingerprint density at radius 1 is 1.15 bits per heavy atom. The monoisotopic (exact) mass is 612 g/mol. The topological polar surface area (TPSA) is 120 Å². The highest BCUT2D eigenvalue weighted by Crippen LogP contribution is 2.37. The van der Waals surface area contributed by atoms with E-state index in [2.05, 4.69) is 9.72 Å². The summed E-state index contributed by atoms with van der Waals surface area (Å²) in [5.41, 5.74) is 0.703. The van der Waals surface area contributed by atoms with Crippen molar-refractivity contribution in [3.63, 3.8) is 0 Å². The van der Waals surface area contributed by atoms with Gasteiger partial charge in [0.15, 0.2) is 17.6 Å². The van der Waals surface area contributed by atoms with Gasteiger partial charge in [-0.2, -0.15) is 4.98 Å². The van der Waals surface area contributed by atoms with Crippen molar-refractivity contribution in [1.29, 1.82) is 0 Å². The maximum absolute atomic E-state index is 14.0. The van der Waals surface area contributed by atoms with E-state index in [4.69, 9.17) is 16.3 Å². The van der Waals surface area contributed by atoms with Crippen LogP contribution in [0.4, 0.5) is 19.0 Å². The highest BCUT2D eigenvalue weighted by molar-refractivity contribution is 7.91. The first kappa shape index (κ1) is 29.0. The third-order valence-corrected chi connectivity index (χ3v) is 8.08. The third-order valence-electron chi connectivity index (χ3n) is 6.51. The number of aliphatic hydroxyl groups is 1. The molecule has 2 aliphatic rings. The number of hydrogen-bond donors (Lipinski definition) is 1. The molecule has 0 radical (unpaired) electrons. The number of carbonyl (C=O) groups excluding carboxylic acids is 2. The van der Waals surface area contributed by atoms with Crippen LogP contribution in [0.3, 0.4) is 0 Å². The third kappa shape index (κ3) is 6.40. The molecule has 1 saturated heterocycles. The van der Waals surface area contributed by atoms with Gasteiger partial charge in [-0.15, -0.1) is 13.2 Å². The standard InChI is InChI=1S/C26H24ClF3N4O6S/c27-17-7-5-16(6-8-17)14-34-21-22(31-25(34)39-18-3-1-4-19(13-18)40-26(28,29)30)32-10-12-41(38)15-20(32)23(36)33(24(21)37)9-2-11-35/h1,3-8,13,20,35H,2,9-12,14-15H2. The van der Waals surface area contributed by atoms with Crippen molar-refractivity contribution < 1.29 is 41.9 Å². The van der Waals surface area contributed by atoms with E-state index in [9.17, 15) is 32.4 Å². The fourth-order valence-corrected chi connectivity index (χ4v) is 6.05. The quantitative estimate of drug-likeness (QED) is 0.303. The van der Waals surface area contributed by atoms with Gasteiger partial charge < -0.3 is 24.0 Å². The Kier molecular flexibility index (Phi) is 8.36. The number of aromatic nitrogens is 2. The van der Waals surface area contributed by atoms with E-state index in [-0.39, 0.29) is 67.4 Å². The van der Waals surface area contributed by atoms with Gasteiger partial charge in [0.25, 0.3) is 11.8 Å². The minimum absolute atomic E-state index is 0.0131. The number of ether oxygens (including phenoxy) is 2. The first-order valence-corrected chi connectivity index (χ1v) is 14.4. The number of imidazole rings is 1. The van der Waals surface area contributed by atoms with E-state index in [0.717, 1.165) is 17.0 Å². The summed E-state index contributed by atoms with van der Waals surface area (Å²) in [5, 5.41) is 9.89. The van der Waals surface area contributed by atoms with Crippen molar-refractivity contribution in [3.05, 3.63) is 64.8 Å². The molecular weight excluding hydrogens is 589 g/mol. The zero-order valence-corrected chi connectivity index (χ0v) is 22.9. The predicted molar refractivity (Wildman–Crippen MR) is 143 cm³/mol. The summed E-state index contributed by atoms with van der Waals surface area (Å²) in [6.07, 6.45) is -4.79. The smallest absolute Gasteiger partial charge is 0.573 e. The molecule has 5 rings (SSSR count). The molecule has 2 aromatic carbocycles. The van der Waals surface area contributed by atoms with Crippen LogP contribution in [0.1, 0.15) is 22.5 Å². The van der Waals surface area contributed by atoms with Crippen molar-refractivity contribution in [2.24, 2.45) is 0 Å². The number of anilines is 1. The zero-order valence-electron chi connectivity index (χ0n) is 21.3. The molecule has 10 nitrogen and oxygen atoms in total. The lowest BCUT2D eigenvalue weighted by Gasteiger charge is -2.35. The summed E-state index contributed by atoms with van der Waals surface area (Å²) in [6, 6.07) is 10.5. The minimum Gasteiger partial charge on any atom is -0.616 e. The maximum atomic E-state index is 14.0. The first-order valence-electron chi connectivity index (χ1n) is 12.5. The van der Waals surface area contributed by atoms with Gasteiger partial charge in [-0.25, -0.2) is 0 Å². The Morgan fingerprint density at radius 2 is 1.88 bits per heavy atom. The van der Waals surface area contributed by atoms with Crippen LogP contribution in [0.2, 0.25) is 5.02 Å². The van der Waals surface area contributed by atoms with E-state index >= 15 is 0 Å². The number of imide groups is 1. The Bertz CT molecular complexity index is 1440. The molecule has 2 amide bonds.